The zero-order chi connectivity index (χ0) is 15.0. The molecule has 0 spiro atoms. The maximum Gasteiger partial charge on any atom is 0.0345 e. The summed E-state index contributed by atoms with van der Waals surface area (Å²) in [5.41, 5.74) is 4.18. The standard InChI is InChI=1S/C20H22S/c1-13(2)16-7-5-15-6-8-17(10-18(15)9-16)20-11-19(12-21-20)14(3)4/h5-14H,1-4H3. The van der Waals surface area contributed by atoms with Crippen molar-refractivity contribution in [1.29, 1.82) is 0 Å². The molecule has 0 aliphatic rings. The van der Waals surface area contributed by atoms with Gasteiger partial charge in [0.25, 0.3) is 0 Å². The third-order valence-electron chi connectivity index (χ3n) is 4.10. The monoisotopic (exact) mass is 294 g/mol. The topological polar surface area (TPSA) is 0 Å². The minimum atomic E-state index is 0.576. The molecule has 0 bridgehead atoms. The van der Waals surface area contributed by atoms with Crippen LogP contribution in [0.25, 0.3) is 21.2 Å². The van der Waals surface area contributed by atoms with Gasteiger partial charge < -0.3 is 0 Å². The van der Waals surface area contributed by atoms with Crippen molar-refractivity contribution >= 4 is 22.1 Å². The predicted octanol–water partition coefficient (Wildman–Crippen LogP) is 6.82. The highest BCUT2D eigenvalue weighted by Gasteiger charge is 2.07. The van der Waals surface area contributed by atoms with E-state index in [1.165, 1.54) is 32.3 Å². The first kappa shape index (κ1) is 14.3. The summed E-state index contributed by atoms with van der Waals surface area (Å²) in [4.78, 5) is 1.37. The van der Waals surface area contributed by atoms with Gasteiger partial charge in [0.2, 0.25) is 0 Å². The van der Waals surface area contributed by atoms with Gasteiger partial charge in [-0.15, -0.1) is 11.3 Å². The van der Waals surface area contributed by atoms with Crippen molar-refractivity contribution in [2.45, 2.75) is 39.5 Å². The number of hydrogen-bond donors (Lipinski definition) is 0. The Morgan fingerprint density at radius 1 is 0.714 bits per heavy atom. The molecule has 21 heavy (non-hydrogen) atoms. The Labute approximate surface area is 131 Å². The molecule has 1 aromatic heterocycles. The minimum Gasteiger partial charge on any atom is -0.144 e. The number of fused-ring (bicyclic) bond motifs is 1. The van der Waals surface area contributed by atoms with Gasteiger partial charge in [-0.2, -0.15) is 0 Å². The van der Waals surface area contributed by atoms with Crippen molar-refractivity contribution < 1.29 is 0 Å². The smallest absolute Gasteiger partial charge is 0.0345 e. The van der Waals surface area contributed by atoms with Crippen LogP contribution in [-0.2, 0) is 0 Å². The van der Waals surface area contributed by atoms with Gasteiger partial charge >= 0.3 is 0 Å². The molecule has 3 aromatic rings. The van der Waals surface area contributed by atoms with Gasteiger partial charge in [0, 0.05) is 4.88 Å². The van der Waals surface area contributed by atoms with Crippen LogP contribution in [0.4, 0.5) is 0 Å². The van der Waals surface area contributed by atoms with Crippen molar-refractivity contribution in [3.05, 3.63) is 59.0 Å². The number of thiophene rings is 1. The maximum absolute atomic E-state index is 2.34. The summed E-state index contributed by atoms with van der Waals surface area (Å²) in [5.74, 6) is 1.18. The van der Waals surface area contributed by atoms with E-state index < -0.39 is 0 Å². The Balaban J connectivity index is 2.06. The molecule has 0 saturated carbocycles. The van der Waals surface area contributed by atoms with Crippen LogP contribution < -0.4 is 0 Å². The molecule has 0 nitrogen and oxygen atoms in total. The van der Waals surface area contributed by atoms with E-state index in [-0.39, 0.29) is 0 Å². The second-order valence-corrected chi connectivity index (χ2v) is 7.29. The van der Waals surface area contributed by atoms with Crippen molar-refractivity contribution in [2.75, 3.05) is 0 Å². The zero-order valence-corrected chi connectivity index (χ0v) is 14.0. The molecule has 0 aliphatic heterocycles. The molecule has 1 heterocycles. The third-order valence-corrected chi connectivity index (χ3v) is 5.10. The third kappa shape index (κ3) is 2.89. The van der Waals surface area contributed by atoms with Crippen molar-refractivity contribution in [3.8, 4) is 10.4 Å². The molecule has 0 fully saturated rings. The second kappa shape index (κ2) is 5.65. The molecule has 2 aromatic carbocycles. The fraction of sp³-hybridized carbons (Fsp3) is 0.300. The van der Waals surface area contributed by atoms with Crippen LogP contribution in [0.15, 0.2) is 47.8 Å². The summed E-state index contributed by atoms with van der Waals surface area (Å²) in [6, 6.07) is 16.0. The SMILES string of the molecule is CC(C)c1csc(-c2ccc3ccc(C(C)C)cc3c2)c1. The molecular formula is C20H22S. The van der Waals surface area contributed by atoms with Gasteiger partial charge in [-0.3, -0.25) is 0 Å². The van der Waals surface area contributed by atoms with E-state index in [4.69, 9.17) is 0 Å². The van der Waals surface area contributed by atoms with E-state index in [0.717, 1.165) is 0 Å². The van der Waals surface area contributed by atoms with Crippen LogP contribution in [-0.4, -0.2) is 0 Å². The van der Waals surface area contributed by atoms with Crippen LogP contribution in [0.5, 0.6) is 0 Å². The van der Waals surface area contributed by atoms with Crippen molar-refractivity contribution in [3.63, 3.8) is 0 Å². The van der Waals surface area contributed by atoms with Crippen LogP contribution in [0.2, 0.25) is 0 Å². The van der Waals surface area contributed by atoms with Crippen LogP contribution in [0.1, 0.15) is 50.7 Å². The van der Waals surface area contributed by atoms with Gasteiger partial charge in [-0.1, -0.05) is 58.0 Å². The molecule has 3 rings (SSSR count). The highest BCUT2D eigenvalue weighted by molar-refractivity contribution is 7.13. The van der Waals surface area contributed by atoms with Gasteiger partial charge in [-0.25, -0.2) is 0 Å². The normalized spacial score (nSPS) is 11.7. The lowest BCUT2D eigenvalue weighted by Gasteiger charge is -2.08. The van der Waals surface area contributed by atoms with E-state index in [9.17, 15) is 0 Å². The summed E-state index contributed by atoms with van der Waals surface area (Å²) >= 11 is 1.85. The second-order valence-electron chi connectivity index (χ2n) is 6.38. The van der Waals surface area contributed by atoms with Crippen LogP contribution >= 0.6 is 11.3 Å². The highest BCUT2D eigenvalue weighted by atomic mass is 32.1. The molecule has 0 saturated heterocycles. The number of benzene rings is 2. The molecule has 108 valence electrons. The Hall–Kier alpha value is -1.60. The Morgan fingerprint density at radius 2 is 1.43 bits per heavy atom. The average molecular weight is 294 g/mol. The van der Waals surface area contributed by atoms with Crippen molar-refractivity contribution in [2.24, 2.45) is 0 Å². The molecule has 0 unspecified atom stereocenters. The molecule has 0 amide bonds. The Morgan fingerprint density at radius 3 is 2.10 bits per heavy atom. The van der Waals surface area contributed by atoms with E-state index in [1.807, 2.05) is 11.3 Å². The predicted molar refractivity (Wildman–Crippen MR) is 95.4 cm³/mol. The van der Waals surface area contributed by atoms with Crippen LogP contribution in [0, 0.1) is 0 Å². The van der Waals surface area contributed by atoms with E-state index in [2.05, 4.69) is 75.5 Å². The molecular weight excluding hydrogens is 272 g/mol. The van der Waals surface area contributed by atoms with Gasteiger partial charge in [0.1, 0.15) is 0 Å². The Bertz CT molecular complexity index is 762. The minimum absolute atomic E-state index is 0.576. The quantitative estimate of drug-likeness (QED) is 0.497. The molecule has 0 radical (unpaired) electrons. The maximum atomic E-state index is 2.34. The van der Waals surface area contributed by atoms with Gasteiger partial charge in [-0.05, 0) is 56.8 Å². The first-order valence-corrected chi connectivity index (χ1v) is 8.55. The average Bonchev–Trinajstić information content (AvgIpc) is 2.96. The lowest BCUT2D eigenvalue weighted by Crippen LogP contribution is -1.87. The highest BCUT2D eigenvalue weighted by Crippen LogP contribution is 2.33. The summed E-state index contributed by atoms with van der Waals surface area (Å²) in [6.07, 6.45) is 0. The van der Waals surface area contributed by atoms with E-state index in [1.54, 1.807) is 0 Å². The summed E-state index contributed by atoms with van der Waals surface area (Å²) in [5, 5.41) is 4.95. The summed E-state index contributed by atoms with van der Waals surface area (Å²) in [7, 11) is 0. The number of hydrogen-bond acceptors (Lipinski definition) is 1. The van der Waals surface area contributed by atoms with Gasteiger partial charge in [0.05, 0.1) is 0 Å². The molecule has 0 atom stereocenters. The molecule has 1 heteroatoms. The summed E-state index contributed by atoms with van der Waals surface area (Å²) < 4.78 is 0. The van der Waals surface area contributed by atoms with Crippen LogP contribution in [0.3, 0.4) is 0 Å². The zero-order valence-electron chi connectivity index (χ0n) is 13.2. The molecule has 0 aliphatic carbocycles. The summed E-state index contributed by atoms with van der Waals surface area (Å²) in [6.45, 7) is 9.00. The van der Waals surface area contributed by atoms with E-state index >= 15 is 0 Å². The first-order chi connectivity index (χ1) is 10.0. The van der Waals surface area contributed by atoms with Gasteiger partial charge in [0.15, 0.2) is 0 Å². The van der Waals surface area contributed by atoms with Crippen molar-refractivity contribution in [1.82, 2.24) is 0 Å². The lowest BCUT2D eigenvalue weighted by molar-refractivity contribution is 0.869. The van der Waals surface area contributed by atoms with E-state index in [0.29, 0.717) is 11.8 Å². The Kier molecular flexibility index (Phi) is 3.86. The number of rotatable bonds is 3. The largest absolute Gasteiger partial charge is 0.144 e. The molecule has 0 N–H and O–H groups in total. The fourth-order valence-corrected chi connectivity index (χ4v) is 3.65. The lowest BCUT2D eigenvalue weighted by atomic mass is 9.97. The first-order valence-electron chi connectivity index (χ1n) is 7.67. The fourth-order valence-electron chi connectivity index (χ4n) is 2.58.